The molecule has 0 bridgehead atoms. The molecule has 0 fully saturated rings. The average molecular weight is 288 g/mol. The third kappa shape index (κ3) is 5.03. The predicted octanol–water partition coefficient (Wildman–Crippen LogP) is 4.74. The normalized spacial score (nSPS) is 14.6. The van der Waals surface area contributed by atoms with Gasteiger partial charge in [-0.3, -0.25) is 0 Å². The van der Waals surface area contributed by atoms with Crippen molar-refractivity contribution in [1.82, 2.24) is 5.32 Å². The molecule has 118 valence electrons. The number of hydrogen-bond acceptors (Lipinski definition) is 2. The van der Waals surface area contributed by atoms with Crippen LogP contribution in [-0.2, 0) is 13.0 Å². The molecule has 0 atom stereocenters. The van der Waals surface area contributed by atoms with Gasteiger partial charge in [-0.1, -0.05) is 58.2 Å². The fourth-order valence-electron chi connectivity index (χ4n) is 3.21. The van der Waals surface area contributed by atoms with E-state index >= 15 is 0 Å². The Balaban J connectivity index is 1.83. The van der Waals surface area contributed by atoms with E-state index in [1.165, 1.54) is 55.3 Å². The Morgan fingerprint density at radius 1 is 1.24 bits per heavy atom. The summed E-state index contributed by atoms with van der Waals surface area (Å²) in [6.07, 6.45) is 7.82. The van der Waals surface area contributed by atoms with Crippen LogP contribution in [0.5, 0.6) is 0 Å². The summed E-state index contributed by atoms with van der Waals surface area (Å²) in [6.45, 7) is 10.2. The summed E-state index contributed by atoms with van der Waals surface area (Å²) in [5, 5.41) is 7.26. The first-order valence-corrected chi connectivity index (χ1v) is 8.68. The zero-order valence-corrected chi connectivity index (χ0v) is 14.1. The molecule has 2 nitrogen and oxygen atoms in total. The Morgan fingerprint density at radius 3 is 2.90 bits per heavy atom. The van der Waals surface area contributed by atoms with Gasteiger partial charge in [-0.15, -0.1) is 0 Å². The van der Waals surface area contributed by atoms with Crippen molar-refractivity contribution in [3.63, 3.8) is 0 Å². The van der Waals surface area contributed by atoms with E-state index < -0.39 is 0 Å². The highest BCUT2D eigenvalue weighted by atomic mass is 14.9. The summed E-state index contributed by atoms with van der Waals surface area (Å²) in [5.41, 5.74) is 4.71. The van der Waals surface area contributed by atoms with Crippen molar-refractivity contribution in [1.29, 1.82) is 0 Å². The monoisotopic (exact) mass is 288 g/mol. The minimum atomic E-state index is 0.400. The number of rotatable bonds is 8. The summed E-state index contributed by atoms with van der Waals surface area (Å²) in [6, 6.07) is 6.73. The van der Waals surface area contributed by atoms with E-state index in [0.29, 0.717) is 5.41 Å². The molecule has 0 aliphatic carbocycles. The average Bonchev–Trinajstić information content (AvgIpc) is 2.47. The lowest BCUT2D eigenvalue weighted by Gasteiger charge is -2.26. The van der Waals surface area contributed by atoms with Crippen molar-refractivity contribution in [2.45, 2.75) is 65.8 Å². The molecule has 1 aliphatic heterocycles. The molecule has 2 heteroatoms. The van der Waals surface area contributed by atoms with Gasteiger partial charge in [0, 0.05) is 25.3 Å². The van der Waals surface area contributed by atoms with Gasteiger partial charge in [0.1, 0.15) is 0 Å². The number of aryl methyl sites for hydroxylation is 1. The van der Waals surface area contributed by atoms with E-state index in [4.69, 9.17) is 0 Å². The molecule has 0 unspecified atom stereocenters. The van der Waals surface area contributed by atoms with Gasteiger partial charge < -0.3 is 10.6 Å². The number of para-hydroxylation sites is 1. The Morgan fingerprint density at radius 2 is 2.10 bits per heavy atom. The number of unbranched alkanes of at least 4 members (excludes halogenated alkanes) is 2. The fraction of sp³-hybridized carbons (Fsp3) is 0.684. The standard InChI is InChI=1S/C19H32N2/c1-4-5-6-12-19(2,3)15-20-14-17-10-7-9-16-11-8-13-21-18(16)17/h7,9-10,20-21H,4-6,8,11-15H2,1-3H3. The highest BCUT2D eigenvalue weighted by molar-refractivity contribution is 5.59. The number of anilines is 1. The summed E-state index contributed by atoms with van der Waals surface area (Å²) in [4.78, 5) is 0. The lowest BCUT2D eigenvalue weighted by Crippen LogP contribution is -2.29. The Hall–Kier alpha value is -1.02. The van der Waals surface area contributed by atoms with E-state index in [9.17, 15) is 0 Å². The van der Waals surface area contributed by atoms with Crippen molar-refractivity contribution in [3.8, 4) is 0 Å². The van der Waals surface area contributed by atoms with Crippen molar-refractivity contribution >= 4 is 5.69 Å². The van der Waals surface area contributed by atoms with Crippen LogP contribution in [0, 0.1) is 5.41 Å². The second-order valence-electron chi connectivity index (χ2n) is 7.21. The van der Waals surface area contributed by atoms with Gasteiger partial charge in [-0.05, 0) is 35.8 Å². The Kier molecular flexibility index (Phi) is 6.10. The molecule has 1 heterocycles. The van der Waals surface area contributed by atoms with Crippen LogP contribution < -0.4 is 10.6 Å². The lowest BCUT2D eigenvalue weighted by molar-refractivity contribution is 0.302. The van der Waals surface area contributed by atoms with E-state index in [-0.39, 0.29) is 0 Å². The highest BCUT2D eigenvalue weighted by Gasteiger charge is 2.17. The first kappa shape index (κ1) is 16.4. The highest BCUT2D eigenvalue weighted by Crippen LogP contribution is 2.27. The van der Waals surface area contributed by atoms with Crippen LogP contribution in [0.25, 0.3) is 0 Å². The van der Waals surface area contributed by atoms with Gasteiger partial charge in [0.15, 0.2) is 0 Å². The zero-order valence-electron chi connectivity index (χ0n) is 14.1. The van der Waals surface area contributed by atoms with Crippen molar-refractivity contribution in [3.05, 3.63) is 29.3 Å². The van der Waals surface area contributed by atoms with Crippen LogP contribution in [0.1, 0.15) is 64.0 Å². The quantitative estimate of drug-likeness (QED) is 0.675. The zero-order chi connectivity index (χ0) is 15.1. The molecule has 2 N–H and O–H groups in total. The van der Waals surface area contributed by atoms with E-state index in [1.807, 2.05) is 0 Å². The maximum Gasteiger partial charge on any atom is 0.0418 e. The van der Waals surface area contributed by atoms with Crippen molar-refractivity contribution in [2.75, 3.05) is 18.4 Å². The number of hydrogen-bond donors (Lipinski definition) is 2. The molecule has 2 rings (SSSR count). The summed E-state index contributed by atoms with van der Waals surface area (Å²) in [5.74, 6) is 0. The smallest absolute Gasteiger partial charge is 0.0418 e. The Labute approximate surface area is 130 Å². The lowest BCUT2D eigenvalue weighted by atomic mass is 9.87. The van der Waals surface area contributed by atoms with Gasteiger partial charge in [-0.25, -0.2) is 0 Å². The first-order chi connectivity index (χ1) is 10.1. The van der Waals surface area contributed by atoms with Crippen LogP contribution in [0.4, 0.5) is 5.69 Å². The summed E-state index contributed by atoms with van der Waals surface area (Å²) in [7, 11) is 0. The molecular formula is C19H32N2. The van der Waals surface area contributed by atoms with E-state index in [1.54, 1.807) is 0 Å². The van der Waals surface area contributed by atoms with Gasteiger partial charge in [0.25, 0.3) is 0 Å². The third-order valence-corrected chi connectivity index (χ3v) is 4.54. The fourth-order valence-corrected chi connectivity index (χ4v) is 3.21. The molecule has 21 heavy (non-hydrogen) atoms. The molecule has 1 aromatic carbocycles. The largest absolute Gasteiger partial charge is 0.385 e. The molecule has 0 spiro atoms. The van der Waals surface area contributed by atoms with E-state index in [0.717, 1.165) is 19.6 Å². The molecule has 0 aromatic heterocycles. The molecule has 0 saturated heterocycles. The molecular weight excluding hydrogens is 256 g/mol. The second kappa shape index (κ2) is 7.84. The minimum Gasteiger partial charge on any atom is -0.385 e. The topological polar surface area (TPSA) is 24.1 Å². The molecule has 1 aliphatic rings. The maximum atomic E-state index is 3.68. The number of fused-ring (bicyclic) bond motifs is 1. The predicted molar refractivity (Wildman–Crippen MR) is 92.9 cm³/mol. The molecule has 0 radical (unpaired) electrons. The van der Waals surface area contributed by atoms with Gasteiger partial charge >= 0.3 is 0 Å². The molecule has 1 aromatic rings. The summed E-state index contributed by atoms with van der Waals surface area (Å²) >= 11 is 0. The molecule has 0 saturated carbocycles. The minimum absolute atomic E-state index is 0.400. The van der Waals surface area contributed by atoms with Crippen LogP contribution in [-0.4, -0.2) is 13.1 Å². The maximum absolute atomic E-state index is 3.68. The SMILES string of the molecule is CCCCCC(C)(C)CNCc1cccc2c1NCCC2. The van der Waals surface area contributed by atoms with Crippen LogP contribution >= 0.6 is 0 Å². The van der Waals surface area contributed by atoms with Crippen LogP contribution in [0.3, 0.4) is 0 Å². The van der Waals surface area contributed by atoms with Gasteiger partial charge in [-0.2, -0.15) is 0 Å². The number of benzene rings is 1. The van der Waals surface area contributed by atoms with Crippen LogP contribution in [0.15, 0.2) is 18.2 Å². The van der Waals surface area contributed by atoms with Crippen LogP contribution in [0.2, 0.25) is 0 Å². The van der Waals surface area contributed by atoms with Gasteiger partial charge in [0.2, 0.25) is 0 Å². The first-order valence-electron chi connectivity index (χ1n) is 8.68. The van der Waals surface area contributed by atoms with Gasteiger partial charge in [0.05, 0.1) is 0 Å². The third-order valence-electron chi connectivity index (χ3n) is 4.54. The second-order valence-corrected chi connectivity index (χ2v) is 7.21. The van der Waals surface area contributed by atoms with E-state index in [2.05, 4.69) is 49.6 Å². The molecule has 0 amide bonds. The van der Waals surface area contributed by atoms with Crippen molar-refractivity contribution < 1.29 is 0 Å². The summed E-state index contributed by atoms with van der Waals surface area (Å²) < 4.78 is 0. The number of nitrogens with one attached hydrogen (secondary N) is 2. The Bertz CT molecular complexity index is 437. The van der Waals surface area contributed by atoms with Crippen molar-refractivity contribution in [2.24, 2.45) is 5.41 Å².